The van der Waals surface area contributed by atoms with Gasteiger partial charge in [-0.25, -0.2) is 0 Å². The molecule has 110 valence electrons. The molecule has 1 N–H and O–H groups in total. The molecule has 0 bridgehead atoms. The SMILES string of the molecule is CCC(C)C(C)N1C(=O)C(C)(C)NC(=O)C1C(C)C. The first-order valence-corrected chi connectivity index (χ1v) is 7.28. The zero-order valence-corrected chi connectivity index (χ0v) is 13.3. The number of hydrogen-bond donors (Lipinski definition) is 1. The van der Waals surface area contributed by atoms with E-state index in [0.29, 0.717) is 5.92 Å². The van der Waals surface area contributed by atoms with Crippen LogP contribution in [0.25, 0.3) is 0 Å². The average Bonchev–Trinajstić information content (AvgIpc) is 2.30. The Morgan fingerprint density at radius 1 is 1.21 bits per heavy atom. The lowest BCUT2D eigenvalue weighted by Crippen LogP contribution is -2.71. The zero-order chi connectivity index (χ0) is 15.0. The van der Waals surface area contributed by atoms with Gasteiger partial charge in [-0.2, -0.15) is 0 Å². The Kier molecular flexibility index (Phi) is 4.64. The highest BCUT2D eigenvalue weighted by Gasteiger charge is 2.48. The van der Waals surface area contributed by atoms with Crippen LogP contribution in [0.5, 0.6) is 0 Å². The molecule has 19 heavy (non-hydrogen) atoms. The highest BCUT2D eigenvalue weighted by atomic mass is 16.2. The van der Waals surface area contributed by atoms with Gasteiger partial charge < -0.3 is 10.2 Å². The van der Waals surface area contributed by atoms with Crippen molar-refractivity contribution in [2.45, 2.75) is 72.5 Å². The second-order valence-electron chi connectivity index (χ2n) is 6.64. The van der Waals surface area contributed by atoms with Crippen molar-refractivity contribution in [3.63, 3.8) is 0 Å². The molecular formula is C15H28N2O2. The molecule has 1 aliphatic rings. The second kappa shape index (κ2) is 5.51. The van der Waals surface area contributed by atoms with Gasteiger partial charge in [-0.3, -0.25) is 9.59 Å². The van der Waals surface area contributed by atoms with Gasteiger partial charge in [0.2, 0.25) is 11.8 Å². The number of hydrogen-bond acceptors (Lipinski definition) is 2. The monoisotopic (exact) mass is 268 g/mol. The molecule has 1 aliphatic heterocycles. The number of amides is 2. The lowest BCUT2D eigenvalue weighted by atomic mass is 9.87. The fourth-order valence-electron chi connectivity index (χ4n) is 2.69. The third-order valence-electron chi connectivity index (χ3n) is 4.31. The molecular weight excluding hydrogens is 240 g/mol. The molecule has 3 atom stereocenters. The van der Waals surface area contributed by atoms with E-state index in [1.165, 1.54) is 0 Å². The molecule has 0 aromatic carbocycles. The van der Waals surface area contributed by atoms with E-state index in [-0.39, 0.29) is 29.8 Å². The number of nitrogens with zero attached hydrogens (tertiary/aromatic N) is 1. The van der Waals surface area contributed by atoms with Crippen molar-refractivity contribution in [2.75, 3.05) is 0 Å². The van der Waals surface area contributed by atoms with Crippen LogP contribution >= 0.6 is 0 Å². The van der Waals surface area contributed by atoms with E-state index in [2.05, 4.69) is 26.1 Å². The van der Waals surface area contributed by atoms with Crippen LogP contribution in [0.2, 0.25) is 0 Å². The van der Waals surface area contributed by atoms with E-state index in [9.17, 15) is 9.59 Å². The normalized spacial score (nSPS) is 26.3. The minimum atomic E-state index is -0.801. The number of rotatable bonds is 4. The van der Waals surface area contributed by atoms with Gasteiger partial charge in [0.25, 0.3) is 0 Å². The van der Waals surface area contributed by atoms with Crippen LogP contribution in [-0.2, 0) is 9.59 Å². The molecule has 4 heteroatoms. The molecule has 0 aromatic heterocycles. The molecule has 4 nitrogen and oxygen atoms in total. The minimum absolute atomic E-state index is 0.0265. The van der Waals surface area contributed by atoms with Gasteiger partial charge in [-0.15, -0.1) is 0 Å². The van der Waals surface area contributed by atoms with Crippen molar-refractivity contribution < 1.29 is 9.59 Å². The topological polar surface area (TPSA) is 49.4 Å². The Bertz CT molecular complexity index is 363. The molecule has 3 unspecified atom stereocenters. The Balaban J connectivity index is 3.17. The fourth-order valence-corrected chi connectivity index (χ4v) is 2.69. The van der Waals surface area contributed by atoms with Crippen LogP contribution in [0, 0.1) is 11.8 Å². The number of piperazine rings is 1. The van der Waals surface area contributed by atoms with Crippen LogP contribution in [0.1, 0.15) is 54.9 Å². The average molecular weight is 268 g/mol. The summed E-state index contributed by atoms with van der Waals surface area (Å²) in [5.41, 5.74) is -0.801. The van der Waals surface area contributed by atoms with E-state index in [4.69, 9.17) is 0 Å². The van der Waals surface area contributed by atoms with Crippen LogP contribution in [0.15, 0.2) is 0 Å². The highest BCUT2D eigenvalue weighted by molar-refractivity contribution is 5.99. The Morgan fingerprint density at radius 3 is 2.16 bits per heavy atom. The Hall–Kier alpha value is -1.06. The van der Waals surface area contributed by atoms with Gasteiger partial charge in [0.15, 0.2) is 0 Å². The van der Waals surface area contributed by atoms with E-state index < -0.39 is 5.54 Å². The molecule has 2 amide bonds. The summed E-state index contributed by atoms with van der Waals surface area (Å²) in [4.78, 5) is 26.8. The molecule has 0 spiro atoms. The summed E-state index contributed by atoms with van der Waals surface area (Å²) < 4.78 is 0. The van der Waals surface area contributed by atoms with Crippen molar-refractivity contribution in [1.82, 2.24) is 10.2 Å². The maximum absolute atomic E-state index is 12.7. The summed E-state index contributed by atoms with van der Waals surface area (Å²) in [6, 6.07) is -0.278. The Labute approximate surface area is 116 Å². The number of nitrogens with one attached hydrogen (secondary N) is 1. The van der Waals surface area contributed by atoms with Crippen molar-refractivity contribution in [2.24, 2.45) is 11.8 Å². The van der Waals surface area contributed by atoms with Crippen molar-refractivity contribution in [3.8, 4) is 0 Å². The molecule has 1 saturated heterocycles. The summed E-state index contributed by atoms with van der Waals surface area (Å²) in [5, 5.41) is 2.85. The second-order valence-corrected chi connectivity index (χ2v) is 6.64. The standard InChI is InChI=1S/C15H28N2O2/c1-8-10(4)11(5)17-12(9(2)3)13(18)16-15(6,7)14(17)19/h9-12H,8H2,1-7H3,(H,16,18). The smallest absolute Gasteiger partial charge is 0.248 e. The molecule has 0 aliphatic carbocycles. The Morgan fingerprint density at radius 2 is 1.74 bits per heavy atom. The van der Waals surface area contributed by atoms with E-state index in [1.807, 2.05) is 18.7 Å². The predicted octanol–water partition coefficient (Wildman–Crippen LogP) is 2.18. The van der Waals surface area contributed by atoms with Gasteiger partial charge >= 0.3 is 0 Å². The van der Waals surface area contributed by atoms with E-state index >= 15 is 0 Å². The summed E-state index contributed by atoms with van der Waals surface area (Å²) in [7, 11) is 0. The first kappa shape index (κ1) is 16.0. The molecule has 0 radical (unpaired) electrons. The van der Waals surface area contributed by atoms with Crippen LogP contribution < -0.4 is 5.32 Å². The van der Waals surface area contributed by atoms with Gasteiger partial charge in [-0.1, -0.05) is 34.1 Å². The molecule has 0 saturated carbocycles. The van der Waals surface area contributed by atoms with Gasteiger partial charge in [0.05, 0.1) is 0 Å². The fraction of sp³-hybridized carbons (Fsp3) is 0.867. The van der Waals surface area contributed by atoms with Gasteiger partial charge in [0, 0.05) is 6.04 Å². The van der Waals surface area contributed by atoms with Gasteiger partial charge in [-0.05, 0) is 32.6 Å². The molecule has 0 aromatic rings. The molecule has 1 fully saturated rings. The van der Waals surface area contributed by atoms with Crippen molar-refractivity contribution >= 4 is 11.8 Å². The first-order valence-electron chi connectivity index (χ1n) is 7.28. The summed E-state index contributed by atoms with van der Waals surface area (Å²) in [5.74, 6) is 0.492. The third kappa shape index (κ3) is 2.93. The predicted molar refractivity (Wildman–Crippen MR) is 76.6 cm³/mol. The van der Waals surface area contributed by atoms with E-state index in [1.54, 1.807) is 13.8 Å². The van der Waals surface area contributed by atoms with Crippen LogP contribution in [0.3, 0.4) is 0 Å². The number of carbonyl (C=O) groups is 2. The lowest BCUT2D eigenvalue weighted by molar-refractivity contribution is -0.159. The summed E-state index contributed by atoms with van der Waals surface area (Å²) in [6.45, 7) is 13.8. The van der Waals surface area contributed by atoms with Crippen LogP contribution in [-0.4, -0.2) is 34.3 Å². The minimum Gasteiger partial charge on any atom is -0.340 e. The van der Waals surface area contributed by atoms with Crippen molar-refractivity contribution in [1.29, 1.82) is 0 Å². The molecule has 1 rings (SSSR count). The highest BCUT2D eigenvalue weighted by Crippen LogP contribution is 2.28. The van der Waals surface area contributed by atoms with Crippen LogP contribution in [0.4, 0.5) is 0 Å². The zero-order valence-electron chi connectivity index (χ0n) is 13.3. The summed E-state index contributed by atoms with van der Waals surface area (Å²) in [6.07, 6.45) is 0.998. The largest absolute Gasteiger partial charge is 0.340 e. The lowest BCUT2D eigenvalue weighted by Gasteiger charge is -2.48. The summed E-state index contributed by atoms with van der Waals surface area (Å²) >= 11 is 0. The number of carbonyl (C=O) groups excluding carboxylic acids is 2. The van der Waals surface area contributed by atoms with Crippen molar-refractivity contribution in [3.05, 3.63) is 0 Å². The van der Waals surface area contributed by atoms with E-state index in [0.717, 1.165) is 6.42 Å². The maximum Gasteiger partial charge on any atom is 0.248 e. The molecule has 1 heterocycles. The third-order valence-corrected chi connectivity index (χ3v) is 4.31. The maximum atomic E-state index is 12.7. The first-order chi connectivity index (χ1) is 8.63. The van der Waals surface area contributed by atoms with Gasteiger partial charge in [0.1, 0.15) is 11.6 Å². The quantitative estimate of drug-likeness (QED) is 0.849.